The summed E-state index contributed by atoms with van der Waals surface area (Å²) < 4.78 is 33.8. The highest BCUT2D eigenvalue weighted by atomic mass is 32.2. The number of aromatic nitrogens is 4. The summed E-state index contributed by atoms with van der Waals surface area (Å²) in [6.45, 7) is 7.71. The summed E-state index contributed by atoms with van der Waals surface area (Å²) in [7, 11) is -3.46. The molecular formula is C28H37N7O4S2. The minimum absolute atomic E-state index is 0.165. The van der Waals surface area contributed by atoms with Crippen molar-refractivity contribution in [3.63, 3.8) is 0 Å². The van der Waals surface area contributed by atoms with Gasteiger partial charge >= 0.3 is 0 Å². The summed E-state index contributed by atoms with van der Waals surface area (Å²) in [6.07, 6.45) is 10.1. The first-order valence-corrected chi connectivity index (χ1v) is 16.5. The second-order valence-electron chi connectivity index (χ2n) is 10.9. The lowest BCUT2D eigenvalue weighted by Gasteiger charge is -2.40. The van der Waals surface area contributed by atoms with Crippen LogP contribution in [-0.2, 0) is 10.0 Å². The molecule has 2 atom stereocenters. The Bertz CT molecular complexity index is 1490. The maximum Gasteiger partial charge on any atom is 0.277 e. The van der Waals surface area contributed by atoms with Crippen molar-refractivity contribution in [3.05, 3.63) is 47.1 Å². The van der Waals surface area contributed by atoms with Gasteiger partial charge in [-0.1, -0.05) is 6.42 Å². The molecule has 3 aromatic heterocycles. The molecule has 3 N–H and O–H groups in total. The van der Waals surface area contributed by atoms with E-state index in [1.54, 1.807) is 30.7 Å². The fourth-order valence-corrected chi connectivity index (χ4v) is 7.77. The Balaban J connectivity index is 1.61. The van der Waals surface area contributed by atoms with Gasteiger partial charge in [-0.2, -0.15) is 0 Å². The van der Waals surface area contributed by atoms with Crippen LogP contribution >= 0.6 is 11.3 Å². The fraction of sp³-hybridized carbons (Fsp3) is 0.536. The SMILES string of the molecule is CCOc1cncc(-c2sc(C(N)=O)nc2[C@H](C[C@@H]2CCCCN2C(C)C)c2cc(NS(=O)(=O)C3CC3)ccn2)n1. The third kappa shape index (κ3) is 6.84. The van der Waals surface area contributed by atoms with Crippen LogP contribution in [0.3, 0.4) is 0 Å². The number of nitrogens with two attached hydrogens (primary N) is 1. The third-order valence-electron chi connectivity index (χ3n) is 7.54. The number of nitrogens with one attached hydrogen (secondary N) is 1. The molecule has 2 fully saturated rings. The van der Waals surface area contributed by atoms with Crippen LogP contribution in [0.15, 0.2) is 30.7 Å². The first kappa shape index (κ1) is 29.3. The topological polar surface area (TPSA) is 153 Å². The molecule has 220 valence electrons. The number of likely N-dealkylation sites (tertiary alicyclic amines) is 1. The van der Waals surface area contributed by atoms with Crippen LogP contribution < -0.4 is 15.2 Å². The van der Waals surface area contributed by atoms with Gasteiger partial charge in [0.2, 0.25) is 15.9 Å². The smallest absolute Gasteiger partial charge is 0.277 e. The van der Waals surface area contributed by atoms with E-state index in [1.807, 2.05) is 6.92 Å². The molecule has 1 saturated carbocycles. The number of nitrogens with zero attached hydrogens (tertiary/aromatic N) is 5. The van der Waals surface area contributed by atoms with Gasteiger partial charge in [0, 0.05) is 24.2 Å². The van der Waals surface area contributed by atoms with E-state index in [-0.39, 0.29) is 22.2 Å². The summed E-state index contributed by atoms with van der Waals surface area (Å²) >= 11 is 1.17. The van der Waals surface area contributed by atoms with Crippen LogP contribution in [-0.4, -0.2) is 69.6 Å². The van der Waals surface area contributed by atoms with E-state index in [1.165, 1.54) is 11.3 Å². The molecule has 3 aromatic rings. The average Bonchev–Trinajstić information content (AvgIpc) is 3.72. The van der Waals surface area contributed by atoms with Gasteiger partial charge in [-0.3, -0.25) is 24.4 Å². The summed E-state index contributed by atoms with van der Waals surface area (Å²) in [4.78, 5) is 33.9. The second-order valence-corrected chi connectivity index (χ2v) is 13.8. The highest BCUT2D eigenvalue weighted by Gasteiger charge is 2.36. The van der Waals surface area contributed by atoms with Crippen molar-refractivity contribution in [3.8, 4) is 16.5 Å². The van der Waals surface area contributed by atoms with Crippen molar-refractivity contribution in [2.45, 2.75) is 82.5 Å². The Morgan fingerprint density at radius 3 is 2.73 bits per heavy atom. The van der Waals surface area contributed by atoms with Crippen LogP contribution in [0, 0.1) is 0 Å². The maximum atomic E-state index is 12.7. The number of thiazole rings is 1. The van der Waals surface area contributed by atoms with E-state index in [4.69, 9.17) is 20.4 Å². The Morgan fingerprint density at radius 1 is 1.22 bits per heavy atom. The molecule has 0 radical (unpaired) electrons. The lowest BCUT2D eigenvalue weighted by molar-refractivity contribution is 0.0998. The van der Waals surface area contributed by atoms with Crippen LogP contribution in [0.25, 0.3) is 10.6 Å². The number of sulfonamides is 1. The number of carbonyl (C=O) groups is 1. The monoisotopic (exact) mass is 599 g/mol. The van der Waals surface area contributed by atoms with Crippen molar-refractivity contribution in [1.82, 2.24) is 24.8 Å². The molecule has 4 heterocycles. The molecule has 0 bridgehead atoms. The number of hydrogen-bond donors (Lipinski definition) is 2. The average molecular weight is 600 g/mol. The van der Waals surface area contributed by atoms with E-state index < -0.39 is 15.9 Å². The molecule has 11 nitrogen and oxygen atoms in total. The molecule has 41 heavy (non-hydrogen) atoms. The van der Waals surface area contributed by atoms with Crippen molar-refractivity contribution in [2.24, 2.45) is 5.73 Å². The molecule has 1 saturated heterocycles. The van der Waals surface area contributed by atoms with Gasteiger partial charge in [-0.05, 0) is 71.6 Å². The molecule has 0 spiro atoms. The predicted octanol–water partition coefficient (Wildman–Crippen LogP) is 4.18. The Morgan fingerprint density at radius 2 is 2.02 bits per heavy atom. The van der Waals surface area contributed by atoms with E-state index in [9.17, 15) is 13.2 Å². The van der Waals surface area contributed by atoms with E-state index in [0.717, 1.165) is 25.8 Å². The Hall–Kier alpha value is -3.16. The summed E-state index contributed by atoms with van der Waals surface area (Å²) in [5.41, 5.74) is 7.98. The van der Waals surface area contributed by atoms with Crippen molar-refractivity contribution >= 4 is 33.0 Å². The molecule has 0 aromatic carbocycles. The predicted molar refractivity (Wildman–Crippen MR) is 159 cm³/mol. The zero-order chi connectivity index (χ0) is 29.1. The van der Waals surface area contributed by atoms with Crippen LogP contribution in [0.1, 0.15) is 86.4 Å². The minimum atomic E-state index is -3.46. The van der Waals surface area contributed by atoms with Crippen LogP contribution in [0.5, 0.6) is 5.88 Å². The molecular weight excluding hydrogens is 562 g/mol. The summed E-state index contributed by atoms with van der Waals surface area (Å²) in [5, 5.41) is -0.185. The van der Waals surface area contributed by atoms with E-state index >= 15 is 0 Å². The maximum absolute atomic E-state index is 12.7. The highest BCUT2D eigenvalue weighted by Crippen LogP contribution is 2.41. The molecule has 2 aliphatic rings. The summed E-state index contributed by atoms with van der Waals surface area (Å²) in [5.74, 6) is -0.619. The van der Waals surface area contributed by atoms with Gasteiger partial charge in [0.05, 0.1) is 46.2 Å². The molecule has 0 unspecified atom stereocenters. The second kappa shape index (κ2) is 12.4. The normalized spacial score (nSPS) is 18.8. The van der Waals surface area contributed by atoms with Gasteiger partial charge in [-0.15, -0.1) is 11.3 Å². The highest BCUT2D eigenvalue weighted by molar-refractivity contribution is 7.93. The van der Waals surface area contributed by atoms with Gasteiger partial charge in [0.15, 0.2) is 5.01 Å². The van der Waals surface area contributed by atoms with Crippen LogP contribution in [0.4, 0.5) is 5.69 Å². The quantitative estimate of drug-likeness (QED) is 0.312. The molecule has 1 aliphatic heterocycles. The van der Waals surface area contributed by atoms with Gasteiger partial charge in [-0.25, -0.2) is 18.4 Å². The number of anilines is 1. The molecule has 13 heteroatoms. The Kier molecular flexibility index (Phi) is 8.85. The number of piperidine rings is 1. The first-order valence-electron chi connectivity index (χ1n) is 14.1. The Labute approximate surface area is 245 Å². The van der Waals surface area contributed by atoms with Crippen LogP contribution in [0.2, 0.25) is 0 Å². The van der Waals surface area contributed by atoms with Crippen molar-refractivity contribution in [1.29, 1.82) is 0 Å². The number of pyridine rings is 1. The number of amides is 1. The summed E-state index contributed by atoms with van der Waals surface area (Å²) in [6, 6.07) is 4.04. The lowest BCUT2D eigenvalue weighted by atomic mass is 9.86. The zero-order valence-electron chi connectivity index (χ0n) is 23.6. The van der Waals surface area contributed by atoms with Gasteiger partial charge < -0.3 is 10.5 Å². The van der Waals surface area contributed by atoms with E-state index in [2.05, 4.69) is 33.4 Å². The third-order valence-corrected chi connectivity index (χ3v) is 10.5. The fourth-order valence-electron chi connectivity index (χ4n) is 5.46. The minimum Gasteiger partial charge on any atom is -0.477 e. The first-order chi connectivity index (χ1) is 19.7. The number of hydrogen-bond acceptors (Lipinski definition) is 10. The number of primary amides is 1. The van der Waals surface area contributed by atoms with Gasteiger partial charge in [0.25, 0.3) is 5.91 Å². The van der Waals surface area contributed by atoms with E-state index in [0.29, 0.717) is 65.4 Å². The van der Waals surface area contributed by atoms with Crippen molar-refractivity contribution < 1.29 is 17.9 Å². The molecule has 5 rings (SSSR count). The van der Waals surface area contributed by atoms with Gasteiger partial charge in [0.1, 0.15) is 5.69 Å². The van der Waals surface area contributed by atoms with Crippen molar-refractivity contribution in [2.75, 3.05) is 17.9 Å². The number of rotatable bonds is 12. The largest absolute Gasteiger partial charge is 0.477 e. The molecule has 1 aliphatic carbocycles. The molecule has 1 amide bonds. The number of carbonyl (C=O) groups excluding carboxylic acids is 1. The lowest BCUT2D eigenvalue weighted by Crippen LogP contribution is -2.44. The standard InChI is InChI=1S/C28H37N7O4S2/c1-4-39-24-16-30-15-23(32-24)26-25(33-28(40-26)27(29)36)21(14-19-7-5-6-12-35(19)17(2)3)22-13-18(10-11-31-22)34-41(37,38)20-8-9-20/h10-11,13,15-17,19-21H,4-9,12,14H2,1-3H3,(H2,29,36)(H,31,34)/t19-,21+/m0/s1. The zero-order valence-corrected chi connectivity index (χ0v) is 25.2. The number of ether oxygens (including phenoxy) is 1.